The molecule has 0 heterocycles. The van der Waals surface area contributed by atoms with Crippen molar-refractivity contribution < 1.29 is 19.1 Å². The Kier molecular flexibility index (Phi) is 4.11. The number of hydrogen-bond donors (Lipinski definition) is 2. The summed E-state index contributed by atoms with van der Waals surface area (Å²) in [7, 11) is -1.88. The maximum Gasteiger partial charge on any atom is 0.707 e. The van der Waals surface area contributed by atoms with Gasteiger partial charge in [0.2, 0.25) is 0 Å². The van der Waals surface area contributed by atoms with Crippen molar-refractivity contribution in [1.29, 1.82) is 0 Å². The van der Waals surface area contributed by atoms with Gasteiger partial charge in [-0.3, -0.25) is 0 Å². The second-order valence-electron chi connectivity index (χ2n) is 3.44. The molecule has 1 rings (SSSR count). The van der Waals surface area contributed by atoms with Crippen LogP contribution in [0.5, 0.6) is 5.75 Å². The summed E-state index contributed by atoms with van der Waals surface area (Å²) in [6.07, 6.45) is 0.821. The van der Waals surface area contributed by atoms with Crippen LogP contribution in [0, 0.1) is 5.82 Å². The van der Waals surface area contributed by atoms with Gasteiger partial charge in [0.25, 0.3) is 0 Å². The van der Waals surface area contributed by atoms with E-state index in [9.17, 15) is 4.39 Å². The Balaban J connectivity index is 3.02. The molecule has 1 aromatic rings. The highest BCUT2D eigenvalue weighted by molar-refractivity contribution is 6.33. The quantitative estimate of drug-likeness (QED) is 0.746. The molecule has 0 aromatic heterocycles. The van der Waals surface area contributed by atoms with Crippen LogP contribution in [0.4, 0.5) is 4.39 Å². The molecule has 0 saturated carbocycles. The first-order valence-electron chi connectivity index (χ1n) is 4.86. The molecular formula is C10H14BFO3. The minimum absolute atomic E-state index is 0.106. The van der Waals surface area contributed by atoms with Crippen molar-refractivity contribution in [3.63, 3.8) is 0 Å². The summed E-state index contributed by atoms with van der Waals surface area (Å²) in [6, 6.07) is 3.98. The van der Waals surface area contributed by atoms with E-state index < -0.39 is 7.32 Å². The molecule has 0 bridgehead atoms. The maximum absolute atomic E-state index is 13.0. The molecule has 0 spiro atoms. The lowest BCUT2D eigenvalue weighted by molar-refractivity contribution is 0.286. The Morgan fingerprint density at radius 2 is 2.13 bits per heavy atom. The van der Waals surface area contributed by atoms with E-state index in [2.05, 4.69) is 0 Å². The van der Waals surface area contributed by atoms with E-state index in [0.29, 0.717) is 11.3 Å². The van der Waals surface area contributed by atoms with Crippen molar-refractivity contribution in [1.82, 2.24) is 0 Å². The van der Waals surface area contributed by atoms with Crippen LogP contribution in [-0.4, -0.2) is 17.4 Å². The summed E-state index contributed by atoms with van der Waals surface area (Å²) in [5.41, 5.74) is 0.644. The molecule has 1 atom stereocenters. The molecule has 0 radical (unpaired) electrons. The van der Waals surface area contributed by atoms with E-state index in [-0.39, 0.29) is 11.7 Å². The lowest BCUT2D eigenvalue weighted by Crippen LogP contribution is -2.21. The Labute approximate surface area is 88.7 Å². The third-order valence-corrected chi connectivity index (χ3v) is 2.35. The van der Waals surface area contributed by atoms with Crippen LogP contribution in [0.2, 0.25) is 0 Å². The number of rotatable bonds is 4. The molecule has 0 fully saturated rings. The molecule has 2 N–H and O–H groups in total. The van der Waals surface area contributed by atoms with Crippen LogP contribution >= 0.6 is 0 Å². The van der Waals surface area contributed by atoms with Crippen molar-refractivity contribution in [3.8, 4) is 5.75 Å². The fourth-order valence-electron chi connectivity index (χ4n) is 1.35. The first kappa shape index (κ1) is 12.0. The molecule has 1 aromatic carbocycles. The number of halogens is 1. The molecule has 5 heteroatoms. The predicted molar refractivity (Wildman–Crippen MR) is 55.9 cm³/mol. The smallest absolute Gasteiger partial charge is 0.512 e. The van der Waals surface area contributed by atoms with Gasteiger partial charge in [-0.1, -0.05) is 13.8 Å². The molecule has 0 aliphatic rings. The lowest BCUT2D eigenvalue weighted by atomic mass is 9.97. The van der Waals surface area contributed by atoms with Crippen molar-refractivity contribution in [2.24, 2.45) is 0 Å². The zero-order valence-corrected chi connectivity index (χ0v) is 8.77. The fraction of sp³-hybridized carbons (Fsp3) is 0.400. The van der Waals surface area contributed by atoms with Gasteiger partial charge in [0.05, 0.1) is 0 Å². The minimum atomic E-state index is -1.88. The van der Waals surface area contributed by atoms with E-state index >= 15 is 0 Å². The van der Waals surface area contributed by atoms with Crippen LogP contribution in [-0.2, 0) is 0 Å². The van der Waals surface area contributed by atoms with Crippen molar-refractivity contribution in [2.75, 3.05) is 0 Å². The molecule has 0 saturated heterocycles. The topological polar surface area (TPSA) is 49.7 Å². The first-order chi connectivity index (χ1) is 7.04. The summed E-state index contributed by atoms with van der Waals surface area (Å²) >= 11 is 0. The van der Waals surface area contributed by atoms with Crippen LogP contribution < -0.4 is 4.65 Å². The molecule has 15 heavy (non-hydrogen) atoms. The third-order valence-electron chi connectivity index (χ3n) is 2.35. The Bertz CT molecular complexity index is 330. The van der Waals surface area contributed by atoms with Gasteiger partial charge in [-0.2, -0.15) is 0 Å². The van der Waals surface area contributed by atoms with E-state index in [1.807, 2.05) is 13.8 Å². The van der Waals surface area contributed by atoms with Gasteiger partial charge < -0.3 is 14.7 Å². The second-order valence-corrected chi connectivity index (χ2v) is 3.44. The standard InChI is InChI=1S/C10H14BFO3/c1-3-7(2)9-6-8(12)4-5-10(9)15-11(13)14/h4-7,13-14H,3H2,1-2H3. The van der Waals surface area contributed by atoms with Crippen LogP contribution in [0.1, 0.15) is 31.7 Å². The number of benzene rings is 1. The van der Waals surface area contributed by atoms with Crippen molar-refractivity contribution in [3.05, 3.63) is 29.6 Å². The third kappa shape index (κ3) is 3.21. The molecule has 0 aliphatic heterocycles. The van der Waals surface area contributed by atoms with Crippen molar-refractivity contribution in [2.45, 2.75) is 26.2 Å². The SMILES string of the molecule is CCC(C)c1cc(F)ccc1OB(O)O. The van der Waals surface area contributed by atoms with Gasteiger partial charge in [0.15, 0.2) is 0 Å². The molecule has 1 unspecified atom stereocenters. The van der Waals surface area contributed by atoms with Crippen LogP contribution in [0.25, 0.3) is 0 Å². The van der Waals surface area contributed by atoms with E-state index in [1.165, 1.54) is 18.2 Å². The van der Waals surface area contributed by atoms with Gasteiger partial charge in [-0.25, -0.2) is 4.39 Å². The van der Waals surface area contributed by atoms with Crippen molar-refractivity contribution >= 4 is 7.32 Å². The summed E-state index contributed by atoms with van der Waals surface area (Å²) in [5, 5.41) is 17.4. The highest BCUT2D eigenvalue weighted by atomic mass is 19.1. The molecule has 0 amide bonds. The monoisotopic (exact) mass is 212 g/mol. The van der Waals surface area contributed by atoms with Crippen LogP contribution in [0.15, 0.2) is 18.2 Å². The maximum atomic E-state index is 13.0. The van der Waals surface area contributed by atoms with E-state index in [0.717, 1.165) is 6.42 Å². The number of hydrogen-bond acceptors (Lipinski definition) is 3. The van der Waals surface area contributed by atoms with Gasteiger partial charge in [0.1, 0.15) is 11.6 Å². The van der Waals surface area contributed by atoms with Gasteiger partial charge in [0, 0.05) is 0 Å². The van der Waals surface area contributed by atoms with E-state index in [4.69, 9.17) is 14.7 Å². The Morgan fingerprint density at radius 1 is 1.47 bits per heavy atom. The molecular weight excluding hydrogens is 198 g/mol. The summed E-state index contributed by atoms with van der Waals surface area (Å²) in [4.78, 5) is 0. The zero-order chi connectivity index (χ0) is 11.4. The minimum Gasteiger partial charge on any atom is -0.512 e. The molecule has 82 valence electrons. The summed E-state index contributed by atoms with van der Waals surface area (Å²) in [6.45, 7) is 3.89. The van der Waals surface area contributed by atoms with Crippen LogP contribution in [0.3, 0.4) is 0 Å². The van der Waals surface area contributed by atoms with Gasteiger partial charge >= 0.3 is 7.32 Å². The lowest BCUT2D eigenvalue weighted by Gasteiger charge is -2.15. The Hall–Kier alpha value is -1.07. The Morgan fingerprint density at radius 3 is 2.67 bits per heavy atom. The highest BCUT2D eigenvalue weighted by Gasteiger charge is 2.17. The summed E-state index contributed by atoms with van der Waals surface area (Å²) in [5.74, 6) is 0.0558. The van der Waals surface area contributed by atoms with Gasteiger partial charge in [-0.15, -0.1) is 0 Å². The largest absolute Gasteiger partial charge is 0.707 e. The first-order valence-corrected chi connectivity index (χ1v) is 4.86. The average molecular weight is 212 g/mol. The predicted octanol–water partition coefficient (Wildman–Crippen LogP) is 1.69. The normalized spacial score (nSPS) is 12.3. The summed E-state index contributed by atoms with van der Waals surface area (Å²) < 4.78 is 17.8. The second kappa shape index (κ2) is 5.14. The average Bonchev–Trinajstić information content (AvgIpc) is 2.19. The molecule has 0 aliphatic carbocycles. The highest BCUT2D eigenvalue weighted by Crippen LogP contribution is 2.29. The zero-order valence-electron chi connectivity index (χ0n) is 8.77. The fourth-order valence-corrected chi connectivity index (χ4v) is 1.35. The van der Waals surface area contributed by atoms with E-state index in [1.54, 1.807) is 0 Å². The van der Waals surface area contributed by atoms with Gasteiger partial charge in [-0.05, 0) is 36.1 Å². The molecule has 3 nitrogen and oxygen atoms in total.